The van der Waals surface area contributed by atoms with E-state index in [2.05, 4.69) is 32.9 Å². The predicted octanol–water partition coefficient (Wildman–Crippen LogP) is 3.21. The van der Waals surface area contributed by atoms with E-state index in [-0.39, 0.29) is 16.2 Å². The van der Waals surface area contributed by atoms with E-state index in [4.69, 9.17) is 5.14 Å². The summed E-state index contributed by atoms with van der Waals surface area (Å²) in [5.74, 6) is -0.243. The minimum atomic E-state index is -3.85. The van der Waals surface area contributed by atoms with E-state index in [1.54, 1.807) is 24.9 Å². The highest BCUT2D eigenvalue weighted by Gasteiger charge is 2.18. The number of primary sulfonamides is 1. The molecular formula is C20H26N2O3S. The number of nitrogens with zero attached hydrogens (tertiary/aromatic N) is 1. The Labute approximate surface area is 155 Å². The summed E-state index contributed by atoms with van der Waals surface area (Å²) in [5.41, 5.74) is 3.36. The molecule has 0 saturated heterocycles. The fourth-order valence-electron chi connectivity index (χ4n) is 2.67. The van der Waals surface area contributed by atoms with Crippen molar-refractivity contribution in [2.24, 2.45) is 5.14 Å². The van der Waals surface area contributed by atoms with Gasteiger partial charge in [0.1, 0.15) is 0 Å². The number of sulfonamides is 1. The van der Waals surface area contributed by atoms with Crippen molar-refractivity contribution in [1.82, 2.24) is 4.90 Å². The van der Waals surface area contributed by atoms with Crippen LogP contribution in [0, 0.1) is 6.92 Å². The third-order valence-corrected chi connectivity index (χ3v) is 5.27. The standard InChI is InChI=1S/C20H26N2O3S/c1-14-6-11-17(26(21,24)25)12-18(14)19(23)22(5)13-15-7-9-16(10-8-15)20(2,3)4/h6-12H,13H2,1-5H3,(H2,21,24,25). The zero-order chi connectivity index (χ0) is 19.7. The topological polar surface area (TPSA) is 80.5 Å². The van der Waals surface area contributed by atoms with Gasteiger partial charge in [-0.3, -0.25) is 4.79 Å². The molecule has 0 aliphatic rings. The first-order valence-electron chi connectivity index (χ1n) is 8.38. The number of aryl methyl sites for hydroxylation is 1. The normalized spacial score (nSPS) is 12.1. The van der Waals surface area contributed by atoms with Crippen LogP contribution in [0.25, 0.3) is 0 Å². The molecule has 0 aromatic heterocycles. The van der Waals surface area contributed by atoms with Gasteiger partial charge in [-0.15, -0.1) is 0 Å². The van der Waals surface area contributed by atoms with Gasteiger partial charge < -0.3 is 4.90 Å². The van der Waals surface area contributed by atoms with Gasteiger partial charge in [0.2, 0.25) is 10.0 Å². The van der Waals surface area contributed by atoms with Crippen LogP contribution in [0.3, 0.4) is 0 Å². The van der Waals surface area contributed by atoms with E-state index >= 15 is 0 Å². The first-order chi connectivity index (χ1) is 11.9. The molecule has 6 heteroatoms. The Hall–Kier alpha value is -2.18. The Morgan fingerprint density at radius 1 is 1.08 bits per heavy atom. The maximum Gasteiger partial charge on any atom is 0.254 e. The van der Waals surface area contributed by atoms with Crippen LogP contribution in [0.15, 0.2) is 47.4 Å². The molecule has 0 radical (unpaired) electrons. The summed E-state index contributed by atoms with van der Waals surface area (Å²) < 4.78 is 23.1. The van der Waals surface area contributed by atoms with Gasteiger partial charge in [-0.05, 0) is 41.2 Å². The summed E-state index contributed by atoms with van der Waals surface area (Å²) in [6.07, 6.45) is 0. The van der Waals surface area contributed by atoms with Crippen molar-refractivity contribution < 1.29 is 13.2 Å². The predicted molar refractivity (Wildman–Crippen MR) is 103 cm³/mol. The van der Waals surface area contributed by atoms with Gasteiger partial charge >= 0.3 is 0 Å². The molecule has 2 rings (SSSR count). The van der Waals surface area contributed by atoms with Gasteiger partial charge in [0.05, 0.1) is 4.90 Å². The molecule has 26 heavy (non-hydrogen) atoms. The van der Waals surface area contributed by atoms with Crippen molar-refractivity contribution in [3.8, 4) is 0 Å². The summed E-state index contributed by atoms with van der Waals surface area (Å²) in [6.45, 7) is 8.66. The molecule has 0 aliphatic heterocycles. The van der Waals surface area contributed by atoms with Crippen molar-refractivity contribution in [2.75, 3.05) is 7.05 Å². The molecule has 0 spiro atoms. The van der Waals surface area contributed by atoms with Crippen LogP contribution < -0.4 is 5.14 Å². The Morgan fingerprint density at radius 3 is 2.15 bits per heavy atom. The number of amides is 1. The highest BCUT2D eigenvalue weighted by Crippen LogP contribution is 2.23. The number of carbonyl (C=O) groups is 1. The Bertz CT molecular complexity index is 911. The molecule has 2 aromatic carbocycles. The van der Waals surface area contributed by atoms with Crippen LogP contribution in [0.1, 0.15) is 47.8 Å². The lowest BCUT2D eigenvalue weighted by Crippen LogP contribution is -2.27. The van der Waals surface area contributed by atoms with Gasteiger partial charge in [-0.2, -0.15) is 0 Å². The first kappa shape index (κ1) is 20.1. The van der Waals surface area contributed by atoms with E-state index < -0.39 is 10.0 Å². The van der Waals surface area contributed by atoms with Crippen LogP contribution in [-0.4, -0.2) is 26.3 Å². The van der Waals surface area contributed by atoms with Crippen LogP contribution in [0.5, 0.6) is 0 Å². The molecule has 0 saturated carbocycles. The molecule has 0 atom stereocenters. The number of hydrogen-bond acceptors (Lipinski definition) is 3. The minimum Gasteiger partial charge on any atom is -0.337 e. The molecule has 0 heterocycles. The Balaban J connectivity index is 2.22. The summed E-state index contributed by atoms with van der Waals surface area (Å²) in [4.78, 5) is 14.3. The average molecular weight is 375 g/mol. The smallest absolute Gasteiger partial charge is 0.254 e. The van der Waals surface area contributed by atoms with Gasteiger partial charge in [0.25, 0.3) is 5.91 Å². The van der Waals surface area contributed by atoms with E-state index in [1.807, 2.05) is 12.1 Å². The van der Waals surface area contributed by atoms with Crippen LogP contribution in [-0.2, 0) is 22.0 Å². The van der Waals surface area contributed by atoms with E-state index in [9.17, 15) is 13.2 Å². The number of carbonyl (C=O) groups excluding carboxylic acids is 1. The van der Waals surface area contributed by atoms with Crippen molar-refractivity contribution in [3.63, 3.8) is 0 Å². The lowest BCUT2D eigenvalue weighted by atomic mass is 9.87. The molecular weight excluding hydrogens is 348 g/mol. The van der Waals surface area contributed by atoms with E-state index in [1.165, 1.54) is 17.7 Å². The maximum absolute atomic E-state index is 12.8. The molecule has 0 fully saturated rings. The summed E-state index contributed by atoms with van der Waals surface area (Å²) in [5, 5.41) is 5.17. The summed E-state index contributed by atoms with van der Waals surface area (Å²) in [6, 6.07) is 12.5. The summed E-state index contributed by atoms with van der Waals surface area (Å²) in [7, 11) is -2.15. The molecule has 5 nitrogen and oxygen atoms in total. The number of benzene rings is 2. The lowest BCUT2D eigenvalue weighted by molar-refractivity contribution is 0.0784. The number of nitrogens with two attached hydrogens (primary N) is 1. The van der Waals surface area contributed by atoms with E-state index in [0.717, 1.165) is 5.56 Å². The molecule has 0 aliphatic carbocycles. The highest BCUT2D eigenvalue weighted by atomic mass is 32.2. The van der Waals surface area contributed by atoms with Crippen molar-refractivity contribution in [3.05, 3.63) is 64.7 Å². The van der Waals surface area contributed by atoms with Crippen molar-refractivity contribution in [1.29, 1.82) is 0 Å². The minimum absolute atomic E-state index is 0.0608. The molecule has 140 valence electrons. The van der Waals surface area contributed by atoms with Crippen LogP contribution >= 0.6 is 0 Å². The van der Waals surface area contributed by atoms with Crippen LogP contribution in [0.4, 0.5) is 0 Å². The second-order valence-electron chi connectivity index (χ2n) is 7.63. The zero-order valence-corrected chi connectivity index (χ0v) is 16.7. The van der Waals surface area contributed by atoms with Gasteiger partial charge in [-0.1, -0.05) is 51.1 Å². The Kier molecular flexibility index (Phi) is 5.58. The fraction of sp³-hybridized carbons (Fsp3) is 0.350. The molecule has 0 bridgehead atoms. The van der Waals surface area contributed by atoms with E-state index in [0.29, 0.717) is 17.7 Å². The largest absolute Gasteiger partial charge is 0.337 e. The molecule has 1 amide bonds. The quantitative estimate of drug-likeness (QED) is 0.892. The third kappa shape index (κ3) is 4.71. The molecule has 0 unspecified atom stereocenters. The van der Waals surface area contributed by atoms with Gasteiger partial charge in [0, 0.05) is 19.2 Å². The maximum atomic E-state index is 12.8. The van der Waals surface area contributed by atoms with Gasteiger partial charge in [0.15, 0.2) is 0 Å². The lowest BCUT2D eigenvalue weighted by Gasteiger charge is -2.21. The highest BCUT2D eigenvalue weighted by molar-refractivity contribution is 7.89. The average Bonchev–Trinajstić information content (AvgIpc) is 2.53. The van der Waals surface area contributed by atoms with Gasteiger partial charge in [-0.25, -0.2) is 13.6 Å². The second-order valence-corrected chi connectivity index (χ2v) is 9.19. The third-order valence-electron chi connectivity index (χ3n) is 4.35. The summed E-state index contributed by atoms with van der Waals surface area (Å²) >= 11 is 0. The zero-order valence-electron chi connectivity index (χ0n) is 15.9. The fourth-order valence-corrected chi connectivity index (χ4v) is 3.21. The monoisotopic (exact) mass is 374 g/mol. The Morgan fingerprint density at radius 2 is 1.65 bits per heavy atom. The molecule has 2 N–H and O–H groups in total. The molecule has 2 aromatic rings. The number of hydrogen-bond donors (Lipinski definition) is 1. The second kappa shape index (κ2) is 7.21. The van der Waals surface area contributed by atoms with Crippen molar-refractivity contribution in [2.45, 2.75) is 44.6 Å². The SMILES string of the molecule is Cc1ccc(S(N)(=O)=O)cc1C(=O)N(C)Cc1ccc(C(C)(C)C)cc1. The number of rotatable bonds is 4. The van der Waals surface area contributed by atoms with Crippen molar-refractivity contribution >= 4 is 15.9 Å². The van der Waals surface area contributed by atoms with Crippen LogP contribution in [0.2, 0.25) is 0 Å². The first-order valence-corrected chi connectivity index (χ1v) is 9.92.